The Kier molecular flexibility index (Phi) is 8.07. The minimum Gasteiger partial charge on any atom is -0.469 e. The third-order valence-electron chi connectivity index (χ3n) is 6.62. The molecule has 2 aliphatic heterocycles. The number of carbonyl (C=O) groups is 3. The minimum absolute atomic E-state index is 0.0509. The van der Waals surface area contributed by atoms with E-state index in [9.17, 15) is 14.4 Å². The van der Waals surface area contributed by atoms with Gasteiger partial charge in [-0.3, -0.25) is 14.6 Å². The lowest BCUT2D eigenvalue weighted by Gasteiger charge is -2.27. The molecule has 0 radical (unpaired) electrons. The number of nitrogens with one attached hydrogen (secondary N) is 1. The molecule has 1 N–H and O–H groups in total. The Morgan fingerprint density at radius 1 is 1.08 bits per heavy atom. The van der Waals surface area contributed by atoms with Crippen LogP contribution in [0.5, 0.6) is 0 Å². The number of allylic oxidation sites excluding steroid dienone is 1. The summed E-state index contributed by atoms with van der Waals surface area (Å²) in [5.74, 6) is -0.310. The Hall–Kier alpha value is -2.81. The van der Waals surface area contributed by atoms with Crippen LogP contribution in [0.25, 0.3) is 0 Å². The highest BCUT2D eigenvalue weighted by Gasteiger charge is 2.30. The van der Waals surface area contributed by atoms with Gasteiger partial charge in [0.15, 0.2) is 0 Å². The Balaban J connectivity index is 1.30. The number of hydrogen-bond acceptors (Lipinski definition) is 7. The molecule has 1 atom stereocenters. The second kappa shape index (κ2) is 11.1. The van der Waals surface area contributed by atoms with Gasteiger partial charge < -0.3 is 19.7 Å². The van der Waals surface area contributed by atoms with Crippen molar-refractivity contribution in [3.8, 4) is 0 Å². The summed E-state index contributed by atoms with van der Waals surface area (Å²) in [6.07, 6.45) is 5.47. The molecule has 0 spiro atoms. The summed E-state index contributed by atoms with van der Waals surface area (Å²) in [4.78, 5) is 44.6. The molecule has 0 aromatic heterocycles. The molecule has 4 rings (SSSR count). The predicted octanol–water partition coefficient (Wildman–Crippen LogP) is 4.86. The van der Waals surface area contributed by atoms with Gasteiger partial charge >= 0.3 is 12.1 Å². The van der Waals surface area contributed by atoms with Crippen molar-refractivity contribution >= 4 is 35.4 Å². The molecule has 1 unspecified atom stereocenters. The van der Waals surface area contributed by atoms with Gasteiger partial charge in [-0.2, -0.15) is 0 Å². The van der Waals surface area contributed by atoms with E-state index in [0.717, 1.165) is 41.9 Å². The monoisotopic (exact) mass is 513 g/mol. The standard InChI is InChI=1S/C27H35N3O5S/c1-27(2,3)35-26(33)30-15-13-21-22(14-16-30)36-24(29-21)18-7-5-17(6-8-18)23(31)28-20-11-9-19(10-12-20)25(32)34-4/h5-8,14,19-20,24H,9-13,15-16H2,1-4H3,(H,28,31). The van der Waals surface area contributed by atoms with Gasteiger partial charge in [-0.15, -0.1) is 0 Å². The lowest BCUT2D eigenvalue weighted by Crippen LogP contribution is -2.38. The van der Waals surface area contributed by atoms with Crippen LogP contribution in [0.15, 0.2) is 40.2 Å². The number of esters is 1. The highest BCUT2D eigenvalue weighted by atomic mass is 32.2. The van der Waals surface area contributed by atoms with Gasteiger partial charge in [0.2, 0.25) is 0 Å². The number of aliphatic imine (C=N–C) groups is 1. The molecular weight excluding hydrogens is 478 g/mol. The molecule has 1 aromatic carbocycles. The third kappa shape index (κ3) is 6.49. The number of fused-ring (bicyclic) bond motifs is 1. The number of rotatable bonds is 4. The molecule has 1 aliphatic carbocycles. The van der Waals surface area contributed by atoms with Crippen molar-refractivity contribution in [3.63, 3.8) is 0 Å². The lowest BCUT2D eigenvalue weighted by molar-refractivity contribution is -0.146. The Labute approximate surface area is 216 Å². The van der Waals surface area contributed by atoms with E-state index in [1.165, 1.54) is 7.11 Å². The number of carbonyl (C=O) groups excluding carboxylic acids is 3. The van der Waals surface area contributed by atoms with E-state index < -0.39 is 5.60 Å². The smallest absolute Gasteiger partial charge is 0.410 e. The van der Waals surface area contributed by atoms with E-state index in [-0.39, 0.29) is 35.3 Å². The zero-order chi connectivity index (χ0) is 25.9. The Morgan fingerprint density at radius 2 is 1.78 bits per heavy atom. The molecule has 1 fully saturated rings. The Morgan fingerprint density at radius 3 is 2.42 bits per heavy atom. The highest BCUT2D eigenvalue weighted by molar-refractivity contribution is 8.04. The van der Waals surface area contributed by atoms with E-state index >= 15 is 0 Å². The number of thioether (sulfide) groups is 1. The average molecular weight is 514 g/mol. The number of amides is 2. The van der Waals surface area contributed by atoms with E-state index in [0.29, 0.717) is 25.1 Å². The molecule has 194 valence electrons. The maximum absolute atomic E-state index is 12.7. The molecule has 8 nitrogen and oxygen atoms in total. The van der Waals surface area contributed by atoms with Crippen molar-refractivity contribution in [3.05, 3.63) is 46.4 Å². The fourth-order valence-corrected chi connectivity index (χ4v) is 5.82. The van der Waals surface area contributed by atoms with Crippen LogP contribution in [0, 0.1) is 5.92 Å². The van der Waals surface area contributed by atoms with E-state index in [4.69, 9.17) is 14.5 Å². The largest absolute Gasteiger partial charge is 0.469 e. The summed E-state index contributed by atoms with van der Waals surface area (Å²) in [6.45, 7) is 6.68. The molecule has 36 heavy (non-hydrogen) atoms. The van der Waals surface area contributed by atoms with Crippen LogP contribution < -0.4 is 5.32 Å². The number of methoxy groups -OCH3 is 1. The maximum atomic E-state index is 12.7. The first kappa shape index (κ1) is 26.3. The molecule has 0 bridgehead atoms. The summed E-state index contributed by atoms with van der Waals surface area (Å²) in [5.41, 5.74) is 2.16. The van der Waals surface area contributed by atoms with Crippen LogP contribution in [0.3, 0.4) is 0 Å². The summed E-state index contributed by atoms with van der Waals surface area (Å²) in [6, 6.07) is 7.69. The second-order valence-corrected chi connectivity index (χ2v) is 11.6. The van der Waals surface area contributed by atoms with Crippen LogP contribution in [0.2, 0.25) is 0 Å². The predicted molar refractivity (Wildman–Crippen MR) is 140 cm³/mol. The molecular formula is C27H35N3O5S. The molecule has 9 heteroatoms. The van der Waals surface area contributed by atoms with E-state index in [1.807, 2.05) is 45.0 Å². The van der Waals surface area contributed by atoms with E-state index in [2.05, 4.69) is 11.4 Å². The zero-order valence-corrected chi connectivity index (χ0v) is 22.2. The van der Waals surface area contributed by atoms with Crippen molar-refractivity contribution in [1.82, 2.24) is 10.2 Å². The fourth-order valence-electron chi connectivity index (χ4n) is 4.64. The number of hydrogen-bond donors (Lipinski definition) is 1. The third-order valence-corrected chi connectivity index (χ3v) is 7.88. The maximum Gasteiger partial charge on any atom is 0.410 e. The molecule has 1 aromatic rings. The quantitative estimate of drug-likeness (QED) is 0.578. The number of ether oxygens (including phenoxy) is 2. The molecule has 2 amide bonds. The molecule has 0 saturated heterocycles. The molecule has 1 saturated carbocycles. The van der Waals surface area contributed by atoms with Gasteiger partial charge in [-0.1, -0.05) is 23.9 Å². The summed E-state index contributed by atoms with van der Waals surface area (Å²) >= 11 is 1.68. The van der Waals surface area contributed by atoms with Crippen molar-refractivity contribution in [2.75, 3.05) is 20.2 Å². The van der Waals surface area contributed by atoms with Crippen molar-refractivity contribution in [1.29, 1.82) is 0 Å². The topological polar surface area (TPSA) is 97.3 Å². The van der Waals surface area contributed by atoms with Crippen LogP contribution >= 0.6 is 11.8 Å². The second-order valence-electron chi connectivity index (χ2n) is 10.5. The zero-order valence-electron chi connectivity index (χ0n) is 21.4. The lowest BCUT2D eigenvalue weighted by atomic mass is 9.86. The van der Waals surface area contributed by atoms with Gasteiger partial charge in [0.1, 0.15) is 11.0 Å². The fraction of sp³-hybridized carbons (Fsp3) is 0.556. The first-order valence-electron chi connectivity index (χ1n) is 12.5. The van der Waals surface area contributed by atoms with Gasteiger partial charge in [-0.05, 0) is 70.2 Å². The first-order valence-corrected chi connectivity index (χ1v) is 13.4. The van der Waals surface area contributed by atoms with Gasteiger partial charge in [0.25, 0.3) is 5.91 Å². The SMILES string of the molecule is COC(=O)C1CCC(NC(=O)c2ccc(C3N=C4CCN(C(=O)OC(C)(C)C)CC=C4S3)cc2)CC1. The Bertz CT molecular complexity index is 1050. The van der Waals surface area contributed by atoms with Crippen molar-refractivity contribution < 1.29 is 23.9 Å². The van der Waals surface area contributed by atoms with Crippen LogP contribution in [0.4, 0.5) is 4.79 Å². The van der Waals surface area contributed by atoms with Crippen LogP contribution in [0.1, 0.15) is 74.2 Å². The summed E-state index contributed by atoms with van der Waals surface area (Å²) in [7, 11) is 1.42. The summed E-state index contributed by atoms with van der Waals surface area (Å²) in [5, 5.41) is 3.05. The van der Waals surface area contributed by atoms with Crippen molar-refractivity contribution in [2.24, 2.45) is 10.9 Å². The average Bonchev–Trinajstić information content (AvgIpc) is 3.15. The van der Waals surface area contributed by atoms with E-state index in [1.54, 1.807) is 16.7 Å². The normalized spacial score (nSPS) is 24.1. The molecule has 3 aliphatic rings. The number of nitrogens with zero attached hydrogens (tertiary/aromatic N) is 2. The highest BCUT2D eigenvalue weighted by Crippen LogP contribution is 2.44. The number of benzene rings is 1. The van der Waals surface area contributed by atoms with Crippen LogP contribution in [-0.2, 0) is 14.3 Å². The van der Waals surface area contributed by atoms with Crippen molar-refractivity contribution in [2.45, 2.75) is 69.9 Å². The van der Waals surface area contributed by atoms with Gasteiger partial charge in [0.05, 0.1) is 18.7 Å². The first-order chi connectivity index (χ1) is 17.1. The van der Waals surface area contributed by atoms with Gasteiger partial charge in [-0.25, -0.2) is 4.79 Å². The molecule has 2 heterocycles. The minimum atomic E-state index is -0.517. The summed E-state index contributed by atoms with van der Waals surface area (Å²) < 4.78 is 10.3. The van der Waals surface area contributed by atoms with Gasteiger partial charge in [0, 0.05) is 36.0 Å². The van der Waals surface area contributed by atoms with Crippen LogP contribution in [-0.4, -0.2) is 60.4 Å².